The van der Waals surface area contributed by atoms with Crippen LogP contribution in [0.2, 0.25) is 0 Å². The van der Waals surface area contributed by atoms with E-state index >= 15 is 0 Å². The Hall–Kier alpha value is -1.06. The number of hydrogen-bond acceptors (Lipinski definition) is 2. The minimum absolute atomic E-state index is 0.0990. The first kappa shape index (κ1) is 18.0. The van der Waals surface area contributed by atoms with Crippen LogP contribution in [-0.2, 0) is 9.59 Å². The van der Waals surface area contributed by atoms with Crippen molar-refractivity contribution in [2.24, 2.45) is 17.3 Å². The van der Waals surface area contributed by atoms with Crippen molar-refractivity contribution in [1.29, 1.82) is 0 Å². The quantitative estimate of drug-likeness (QED) is 0.754. The molecule has 4 nitrogen and oxygen atoms in total. The van der Waals surface area contributed by atoms with E-state index in [0.29, 0.717) is 0 Å². The fourth-order valence-electron chi connectivity index (χ4n) is 3.08. The first-order valence-corrected chi connectivity index (χ1v) is 8.28. The summed E-state index contributed by atoms with van der Waals surface area (Å²) in [5.41, 5.74) is -0.391. The second-order valence-electron chi connectivity index (χ2n) is 7.36. The molecule has 0 aromatic carbocycles. The number of rotatable bonds is 7. The molecule has 0 radical (unpaired) electrons. The molecule has 1 aliphatic carbocycles. The van der Waals surface area contributed by atoms with Gasteiger partial charge < -0.3 is 10.4 Å². The fraction of sp³-hybridized carbons (Fsp3) is 0.882. The molecule has 0 heterocycles. The van der Waals surface area contributed by atoms with Crippen LogP contribution >= 0.6 is 0 Å². The van der Waals surface area contributed by atoms with Crippen molar-refractivity contribution < 1.29 is 14.7 Å². The summed E-state index contributed by atoms with van der Waals surface area (Å²) in [6, 6.07) is -0.807. The van der Waals surface area contributed by atoms with Crippen molar-refractivity contribution in [3.8, 4) is 0 Å². The molecule has 1 rings (SSSR count). The highest BCUT2D eigenvalue weighted by Crippen LogP contribution is 2.40. The van der Waals surface area contributed by atoms with E-state index in [2.05, 4.69) is 19.2 Å². The van der Waals surface area contributed by atoms with Gasteiger partial charge in [-0.05, 0) is 44.4 Å². The maximum atomic E-state index is 12.3. The third-order valence-electron chi connectivity index (χ3n) is 4.87. The topological polar surface area (TPSA) is 66.4 Å². The van der Waals surface area contributed by atoms with Crippen LogP contribution in [0.5, 0.6) is 0 Å². The van der Waals surface area contributed by atoms with Gasteiger partial charge in [0.05, 0.1) is 0 Å². The third-order valence-corrected chi connectivity index (χ3v) is 4.87. The fourth-order valence-corrected chi connectivity index (χ4v) is 3.08. The van der Waals surface area contributed by atoms with Crippen LogP contribution in [-0.4, -0.2) is 23.0 Å². The number of carbonyl (C=O) groups excluding carboxylic acids is 1. The van der Waals surface area contributed by atoms with E-state index in [1.165, 1.54) is 26.2 Å². The van der Waals surface area contributed by atoms with Gasteiger partial charge in [-0.1, -0.05) is 40.0 Å². The monoisotopic (exact) mass is 297 g/mol. The number of carboxylic acid groups (broad SMARTS) is 1. The molecule has 1 fully saturated rings. The van der Waals surface area contributed by atoms with Crippen LogP contribution in [0, 0.1) is 17.3 Å². The van der Waals surface area contributed by atoms with Crippen molar-refractivity contribution in [2.45, 2.75) is 78.7 Å². The summed E-state index contributed by atoms with van der Waals surface area (Å²) >= 11 is 0. The molecule has 0 aliphatic heterocycles. The average molecular weight is 297 g/mol. The number of carbonyl (C=O) groups is 2. The van der Waals surface area contributed by atoms with Gasteiger partial charge in [0, 0.05) is 5.41 Å². The zero-order valence-corrected chi connectivity index (χ0v) is 13.9. The molecule has 122 valence electrons. The molecule has 0 bridgehead atoms. The zero-order valence-electron chi connectivity index (χ0n) is 13.9. The molecular weight excluding hydrogens is 266 g/mol. The van der Waals surface area contributed by atoms with Gasteiger partial charge in [0.15, 0.2) is 0 Å². The molecule has 2 N–H and O–H groups in total. The molecule has 0 aromatic heterocycles. The molecule has 1 amide bonds. The standard InChI is InChI=1S/C17H31NO3/c1-12(2)6-5-7-14-8-10-17(4,11-9-14)16(21)18-13(3)15(19)20/h12-14H,5-11H2,1-4H3,(H,18,21)(H,19,20)/t13-,14?,17?/m0/s1. The van der Waals surface area contributed by atoms with Crippen molar-refractivity contribution in [3.05, 3.63) is 0 Å². The molecule has 0 saturated heterocycles. The molecule has 0 spiro atoms. The van der Waals surface area contributed by atoms with Gasteiger partial charge >= 0.3 is 5.97 Å². The van der Waals surface area contributed by atoms with E-state index < -0.39 is 17.4 Å². The van der Waals surface area contributed by atoms with E-state index in [4.69, 9.17) is 5.11 Å². The first-order valence-electron chi connectivity index (χ1n) is 8.28. The molecule has 21 heavy (non-hydrogen) atoms. The van der Waals surface area contributed by atoms with Crippen molar-refractivity contribution in [2.75, 3.05) is 0 Å². The zero-order chi connectivity index (χ0) is 16.0. The molecule has 1 atom stereocenters. The summed E-state index contributed by atoms with van der Waals surface area (Å²) in [7, 11) is 0. The summed E-state index contributed by atoms with van der Waals surface area (Å²) in [6.45, 7) is 8.00. The second-order valence-corrected chi connectivity index (χ2v) is 7.36. The lowest BCUT2D eigenvalue weighted by Gasteiger charge is -2.36. The van der Waals surface area contributed by atoms with Crippen LogP contribution in [0.1, 0.15) is 72.6 Å². The van der Waals surface area contributed by atoms with Gasteiger partial charge in [0.1, 0.15) is 6.04 Å². The summed E-state index contributed by atoms with van der Waals surface area (Å²) in [6.07, 6.45) is 7.75. The Balaban J connectivity index is 2.39. The highest BCUT2D eigenvalue weighted by molar-refractivity contribution is 5.87. The lowest BCUT2D eigenvalue weighted by molar-refractivity contribution is -0.143. The second kappa shape index (κ2) is 7.81. The molecule has 4 heteroatoms. The van der Waals surface area contributed by atoms with Crippen molar-refractivity contribution >= 4 is 11.9 Å². The van der Waals surface area contributed by atoms with Gasteiger partial charge in [0.25, 0.3) is 0 Å². The number of aliphatic carboxylic acids is 1. The van der Waals surface area contributed by atoms with Crippen LogP contribution in [0.15, 0.2) is 0 Å². The van der Waals surface area contributed by atoms with E-state index in [-0.39, 0.29) is 5.91 Å². The number of carboxylic acids is 1. The van der Waals surface area contributed by atoms with Crippen LogP contribution < -0.4 is 5.32 Å². The Morgan fingerprint density at radius 3 is 2.29 bits per heavy atom. The van der Waals surface area contributed by atoms with E-state index in [1.54, 1.807) is 0 Å². The van der Waals surface area contributed by atoms with Gasteiger partial charge in [-0.25, -0.2) is 0 Å². The maximum absolute atomic E-state index is 12.3. The van der Waals surface area contributed by atoms with Gasteiger partial charge in [-0.2, -0.15) is 0 Å². The van der Waals surface area contributed by atoms with E-state index in [9.17, 15) is 9.59 Å². The minimum atomic E-state index is -0.977. The number of hydrogen-bond donors (Lipinski definition) is 2. The lowest BCUT2D eigenvalue weighted by Crippen LogP contribution is -2.47. The molecule has 0 aromatic rings. The van der Waals surface area contributed by atoms with Crippen LogP contribution in [0.25, 0.3) is 0 Å². The summed E-state index contributed by atoms with van der Waals surface area (Å²) < 4.78 is 0. The summed E-state index contributed by atoms with van der Waals surface area (Å²) in [4.78, 5) is 23.1. The molecule has 0 unspecified atom stereocenters. The Morgan fingerprint density at radius 1 is 1.24 bits per heavy atom. The Kier molecular flexibility index (Phi) is 6.69. The first-order chi connectivity index (χ1) is 9.74. The number of amides is 1. The molecule has 1 saturated carbocycles. The molecule has 1 aliphatic rings. The van der Waals surface area contributed by atoms with Gasteiger partial charge in [0.2, 0.25) is 5.91 Å². The van der Waals surface area contributed by atoms with Crippen LogP contribution in [0.3, 0.4) is 0 Å². The van der Waals surface area contributed by atoms with Crippen molar-refractivity contribution in [1.82, 2.24) is 5.32 Å². The Morgan fingerprint density at radius 2 is 1.81 bits per heavy atom. The number of nitrogens with one attached hydrogen (secondary N) is 1. The smallest absolute Gasteiger partial charge is 0.325 e. The Labute approximate surface area is 128 Å². The average Bonchev–Trinajstić information content (AvgIpc) is 2.40. The lowest BCUT2D eigenvalue weighted by atomic mass is 9.70. The summed E-state index contributed by atoms with van der Waals surface area (Å²) in [5.74, 6) is 0.427. The Bertz CT molecular complexity index is 357. The van der Waals surface area contributed by atoms with Crippen molar-refractivity contribution in [3.63, 3.8) is 0 Å². The highest BCUT2D eigenvalue weighted by Gasteiger charge is 2.38. The van der Waals surface area contributed by atoms with E-state index in [0.717, 1.165) is 37.5 Å². The maximum Gasteiger partial charge on any atom is 0.325 e. The largest absolute Gasteiger partial charge is 0.480 e. The van der Waals surface area contributed by atoms with Crippen LogP contribution in [0.4, 0.5) is 0 Å². The predicted octanol–water partition coefficient (Wildman–Crippen LogP) is 3.60. The van der Waals surface area contributed by atoms with Gasteiger partial charge in [-0.15, -0.1) is 0 Å². The predicted molar refractivity (Wildman–Crippen MR) is 84.0 cm³/mol. The highest BCUT2D eigenvalue weighted by atomic mass is 16.4. The third kappa shape index (κ3) is 5.68. The van der Waals surface area contributed by atoms with E-state index in [1.807, 2.05) is 6.92 Å². The summed E-state index contributed by atoms with van der Waals surface area (Å²) in [5, 5.41) is 11.5. The van der Waals surface area contributed by atoms with Gasteiger partial charge in [-0.3, -0.25) is 9.59 Å². The SMILES string of the molecule is CC(C)CCCC1CCC(C)(C(=O)N[C@@H](C)C(=O)O)CC1. The molecular formula is C17H31NO3. The normalized spacial score (nSPS) is 27.4. The minimum Gasteiger partial charge on any atom is -0.480 e.